The van der Waals surface area contributed by atoms with E-state index in [0.717, 1.165) is 49.5 Å². The van der Waals surface area contributed by atoms with Crippen molar-refractivity contribution in [1.82, 2.24) is 9.88 Å². The van der Waals surface area contributed by atoms with Gasteiger partial charge in [0.25, 0.3) is 0 Å². The van der Waals surface area contributed by atoms with E-state index in [1.807, 2.05) is 24.4 Å². The normalized spacial score (nSPS) is 16.6. The predicted octanol–water partition coefficient (Wildman–Crippen LogP) is 3.09. The highest BCUT2D eigenvalue weighted by atomic mass is 32.1. The highest BCUT2D eigenvalue weighted by Gasteiger charge is 2.19. The molecule has 0 unspecified atom stereocenters. The molecule has 1 N–H and O–H groups in total. The van der Waals surface area contributed by atoms with Crippen LogP contribution in [0.4, 0.5) is 5.13 Å². The number of hydrogen-bond donors (Lipinski definition) is 1. The van der Waals surface area contributed by atoms with Gasteiger partial charge in [-0.15, -0.1) is 11.3 Å². The second-order valence-corrected chi connectivity index (χ2v) is 7.79. The summed E-state index contributed by atoms with van der Waals surface area (Å²) in [4.78, 5) is 18.9. The van der Waals surface area contributed by atoms with Crippen LogP contribution in [0.1, 0.15) is 30.2 Å². The number of fused-ring (bicyclic) bond motifs is 1. The highest BCUT2D eigenvalue weighted by Crippen LogP contribution is 2.34. The van der Waals surface area contributed by atoms with E-state index >= 15 is 0 Å². The molecule has 0 radical (unpaired) electrons. The fourth-order valence-electron chi connectivity index (χ4n) is 3.25. The second-order valence-electron chi connectivity index (χ2n) is 6.67. The number of amides is 1. The van der Waals surface area contributed by atoms with E-state index in [2.05, 4.69) is 27.0 Å². The summed E-state index contributed by atoms with van der Waals surface area (Å²) in [7, 11) is 0. The number of benzene rings is 1. The number of nitrogens with one attached hydrogen (secondary N) is 1. The lowest BCUT2D eigenvalue weighted by atomic mass is 9.97. The van der Waals surface area contributed by atoms with Gasteiger partial charge in [0.05, 0.1) is 5.56 Å². The molecule has 27 heavy (non-hydrogen) atoms. The fourth-order valence-corrected chi connectivity index (χ4v) is 4.15. The quantitative estimate of drug-likeness (QED) is 0.826. The molecule has 0 atom stereocenters. The molecule has 0 saturated carbocycles. The van der Waals surface area contributed by atoms with Gasteiger partial charge < -0.3 is 14.8 Å². The number of rotatable bonds is 3. The maximum atomic E-state index is 11.1. The van der Waals surface area contributed by atoms with Crippen LogP contribution in [-0.2, 0) is 11.3 Å². The summed E-state index contributed by atoms with van der Waals surface area (Å²) in [5, 5.41) is 3.40. The number of hydrogen-bond acceptors (Lipinski definition) is 6. The molecule has 1 amide bonds. The fraction of sp³-hybridized carbons (Fsp3) is 0.400. The molecular weight excluding hydrogens is 362 g/mol. The molecule has 2 aliphatic heterocycles. The maximum Gasteiger partial charge on any atom is 0.231 e. The van der Waals surface area contributed by atoms with Gasteiger partial charge >= 0.3 is 0 Å². The number of ether oxygens (including phenoxy) is 2. The van der Waals surface area contributed by atoms with Gasteiger partial charge in [0.1, 0.15) is 0 Å². The van der Waals surface area contributed by atoms with Gasteiger partial charge in [0.2, 0.25) is 12.7 Å². The average molecular weight is 383 g/mol. The standard InChI is InChI=1S/C20H21N3O3S/c1-14(24)22-20-21-11-17(27-20)12-23-9-7-15(8-10-23)5-6-16-3-2-4-18-19(16)26-13-25-18/h2-4,11,15H,7-10,12-13H2,1H3,(H,21,22,24). The minimum atomic E-state index is -0.0867. The third-order valence-electron chi connectivity index (χ3n) is 4.61. The monoisotopic (exact) mass is 383 g/mol. The molecule has 3 heterocycles. The Balaban J connectivity index is 1.30. The van der Waals surface area contributed by atoms with Gasteiger partial charge in [-0.05, 0) is 38.1 Å². The van der Waals surface area contributed by atoms with E-state index in [9.17, 15) is 4.79 Å². The number of piperidine rings is 1. The molecule has 1 saturated heterocycles. The van der Waals surface area contributed by atoms with E-state index in [1.54, 1.807) is 0 Å². The van der Waals surface area contributed by atoms with Crippen LogP contribution in [0.3, 0.4) is 0 Å². The van der Waals surface area contributed by atoms with Gasteiger partial charge in [0.15, 0.2) is 16.6 Å². The minimum absolute atomic E-state index is 0.0867. The summed E-state index contributed by atoms with van der Waals surface area (Å²) in [6.07, 6.45) is 3.95. The Morgan fingerprint density at radius 2 is 2.22 bits per heavy atom. The number of para-hydroxylation sites is 1. The predicted molar refractivity (Wildman–Crippen MR) is 104 cm³/mol. The molecule has 2 aromatic rings. The van der Waals surface area contributed by atoms with E-state index in [0.29, 0.717) is 11.0 Å². The van der Waals surface area contributed by atoms with E-state index in [4.69, 9.17) is 9.47 Å². The molecule has 0 spiro atoms. The van der Waals surface area contributed by atoms with Gasteiger partial charge in [-0.3, -0.25) is 9.69 Å². The number of aromatic nitrogens is 1. The topological polar surface area (TPSA) is 63.7 Å². The molecule has 1 aromatic heterocycles. The summed E-state index contributed by atoms with van der Waals surface area (Å²) < 4.78 is 10.9. The lowest BCUT2D eigenvalue weighted by molar-refractivity contribution is -0.114. The van der Waals surface area contributed by atoms with Crippen molar-refractivity contribution in [2.45, 2.75) is 26.3 Å². The zero-order valence-electron chi connectivity index (χ0n) is 15.2. The third kappa shape index (κ3) is 4.41. The van der Waals surface area contributed by atoms with Gasteiger partial charge in [-0.2, -0.15) is 0 Å². The number of likely N-dealkylation sites (tertiary alicyclic amines) is 1. The Morgan fingerprint density at radius 3 is 3.04 bits per heavy atom. The van der Waals surface area contributed by atoms with Crippen LogP contribution in [0, 0.1) is 17.8 Å². The van der Waals surface area contributed by atoms with Crippen molar-refractivity contribution in [3.8, 4) is 23.3 Å². The van der Waals surface area contributed by atoms with Crippen LogP contribution >= 0.6 is 11.3 Å². The Labute approximate surface area is 162 Å². The molecule has 1 aromatic carbocycles. The number of thiazole rings is 1. The zero-order chi connectivity index (χ0) is 18.6. The van der Waals surface area contributed by atoms with Crippen LogP contribution in [0.25, 0.3) is 0 Å². The number of nitrogens with zero attached hydrogens (tertiary/aromatic N) is 2. The molecule has 1 fully saturated rings. The molecule has 7 heteroatoms. The maximum absolute atomic E-state index is 11.1. The molecule has 0 bridgehead atoms. The number of carbonyl (C=O) groups excluding carboxylic acids is 1. The summed E-state index contributed by atoms with van der Waals surface area (Å²) >= 11 is 1.54. The zero-order valence-corrected chi connectivity index (χ0v) is 16.0. The van der Waals surface area contributed by atoms with Crippen molar-refractivity contribution in [2.24, 2.45) is 5.92 Å². The van der Waals surface area contributed by atoms with Crippen molar-refractivity contribution in [3.63, 3.8) is 0 Å². The molecule has 140 valence electrons. The molecular formula is C20H21N3O3S. The Kier molecular flexibility index (Phi) is 5.28. The van der Waals surface area contributed by atoms with Crippen LogP contribution in [-0.4, -0.2) is 35.7 Å². The first-order chi connectivity index (χ1) is 13.2. The van der Waals surface area contributed by atoms with Crippen LogP contribution in [0.5, 0.6) is 11.5 Å². The average Bonchev–Trinajstić information content (AvgIpc) is 3.30. The molecule has 4 rings (SSSR count). The summed E-state index contributed by atoms with van der Waals surface area (Å²) in [5.41, 5.74) is 0.905. The van der Waals surface area contributed by atoms with E-state index in [-0.39, 0.29) is 12.7 Å². The van der Waals surface area contributed by atoms with Crippen molar-refractivity contribution < 1.29 is 14.3 Å². The van der Waals surface area contributed by atoms with Gasteiger partial charge in [-0.1, -0.05) is 17.9 Å². The number of anilines is 1. The SMILES string of the molecule is CC(=O)Nc1ncc(CN2CCC(C#Cc3cccc4c3OCO4)CC2)s1. The van der Waals surface area contributed by atoms with Crippen molar-refractivity contribution in [2.75, 3.05) is 25.2 Å². The van der Waals surface area contributed by atoms with Gasteiger partial charge in [0, 0.05) is 30.5 Å². The molecule has 0 aliphatic carbocycles. The third-order valence-corrected chi connectivity index (χ3v) is 5.51. The first kappa shape index (κ1) is 17.8. The molecule has 6 nitrogen and oxygen atoms in total. The first-order valence-electron chi connectivity index (χ1n) is 9.02. The largest absolute Gasteiger partial charge is 0.454 e. The van der Waals surface area contributed by atoms with Gasteiger partial charge in [-0.25, -0.2) is 4.98 Å². The Bertz CT molecular complexity index is 891. The van der Waals surface area contributed by atoms with Crippen LogP contribution in [0.15, 0.2) is 24.4 Å². The molecule has 2 aliphatic rings. The lowest BCUT2D eigenvalue weighted by Gasteiger charge is -2.29. The Morgan fingerprint density at radius 1 is 1.37 bits per heavy atom. The first-order valence-corrected chi connectivity index (χ1v) is 9.84. The minimum Gasteiger partial charge on any atom is -0.454 e. The number of carbonyl (C=O) groups is 1. The summed E-state index contributed by atoms with van der Waals surface area (Å²) in [6.45, 7) is 4.66. The highest BCUT2D eigenvalue weighted by molar-refractivity contribution is 7.15. The second kappa shape index (κ2) is 7.99. The van der Waals surface area contributed by atoms with Crippen LogP contribution < -0.4 is 14.8 Å². The smallest absolute Gasteiger partial charge is 0.231 e. The van der Waals surface area contributed by atoms with Crippen molar-refractivity contribution >= 4 is 22.4 Å². The summed E-state index contributed by atoms with van der Waals surface area (Å²) in [6, 6.07) is 5.83. The Hall–Kier alpha value is -2.56. The lowest BCUT2D eigenvalue weighted by Crippen LogP contribution is -2.32. The van der Waals surface area contributed by atoms with E-state index < -0.39 is 0 Å². The van der Waals surface area contributed by atoms with Crippen molar-refractivity contribution in [1.29, 1.82) is 0 Å². The van der Waals surface area contributed by atoms with Crippen molar-refractivity contribution in [3.05, 3.63) is 34.8 Å². The van der Waals surface area contributed by atoms with Crippen LogP contribution in [0.2, 0.25) is 0 Å². The summed E-state index contributed by atoms with van der Waals surface area (Å²) in [5.74, 6) is 8.54. The van der Waals surface area contributed by atoms with E-state index in [1.165, 1.54) is 23.1 Å².